The van der Waals surface area contributed by atoms with Crippen LogP contribution in [0.15, 0.2) is 30.5 Å². The first-order valence-corrected chi connectivity index (χ1v) is 6.20. The van der Waals surface area contributed by atoms with Gasteiger partial charge in [0, 0.05) is 11.1 Å². The molecule has 0 radical (unpaired) electrons. The molecule has 98 valence electrons. The van der Waals surface area contributed by atoms with Gasteiger partial charge in [-0.1, -0.05) is 12.1 Å². The molecule has 0 saturated heterocycles. The Labute approximate surface area is 113 Å². The number of hydrogen-bond donors (Lipinski definition) is 3. The minimum atomic E-state index is -1.10. The Morgan fingerprint density at radius 1 is 1.26 bits per heavy atom. The number of carboxylic acid groups (broad SMARTS) is 1. The molecule has 0 unspecified atom stereocenters. The van der Waals surface area contributed by atoms with Gasteiger partial charge in [0.2, 0.25) is 0 Å². The highest BCUT2D eigenvalue weighted by atomic mass is 32.1. The molecule has 0 aliphatic rings. The van der Waals surface area contributed by atoms with E-state index in [9.17, 15) is 9.59 Å². The summed E-state index contributed by atoms with van der Waals surface area (Å²) in [6.45, 7) is 1.88. The zero-order chi connectivity index (χ0) is 13.8. The zero-order valence-electron chi connectivity index (χ0n) is 10.0. The smallest absolute Gasteiger partial charge is 0.337 e. The lowest BCUT2D eigenvalue weighted by atomic mass is 10.2. The number of benzene rings is 1. The number of carbonyl (C=O) groups is 2. The Balaban J connectivity index is 2.09. The SMILES string of the molecule is Cc1cnc(NC(=O)Nc2ccccc2C(=O)O)s1. The van der Waals surface area contributed by atoms with Crippen molar-refractivity contribution in [3.63, 3.8) is 0 Å². The van der Waals surface area contributed by atoms with Crippen LogP contribution < -0.4 is 10.6 Å². The van der Waals surface area contributed by atoms with Crippen LogP contribution in [0.1, 0.15) is 15.2 Å². The van der Waals surface area contributed by atoms with Crippen LogP contribution in [0.25, 0.3) is 0 Å². The number of thiazole rings is 1. The molecule has 7 heteroatoms. The molecule has 0 spiro atoms. The summed E-state index contributed by atoms with van der Waals surface area (Å²) in [7, 11) is 0. The first-order valence-electron chi connectivity index (χ1n) is 5.39. The molecule has 0 bridgehead atoms. The van der Waals surface area contributed by atoms with Crippen LogP contribution in [-0.4, -0.2) is 22.1 Å². The first-order chi connectivity index (χ1) is 9.06. The second-order valence-electron chi connectivity index (χ2n) is 3.71. The second kappa shape index (κ2) is 5.49. The molecular weight excluding hydrogens is 266 g/mol. The number of hydrogen-bond acceptors (Lipinski definition) is 4. The number of anilines is 2. The lowest BCUT2D eigenvalue weighted by molar-refractivity contribution is 0.0698. The van der Waals surface area contributed by atoms with Crippen molar-refractivity contribution in [3.8, 4) is 0 Å². The molecule has 0 aliphatic heterocycles. The molecule has 0 atom stereocenters. The van der Waals surface area contributed by atoms with Crippen molar-refractivity contribution in [1.82, 2.24) is 4.98 Å². The predicted octanol–water partition coefficient (Wildman–Crippen LogP) is 2.79. The summed E-state index contributed by atoms with van der Waals surface area (Å²) in [4.78, 5) is 27.7. The van der Waals surface area contributed by atoms with Crippen LogP contribution in [0, 0.1) is 6.92 Å². The number of nitrogens with zero attached hydrogens (tertiary/aromatic N) is 1. The summed E-state index contributed by atoms with van der Waals surface area (Å²) in [5.41, 5.74) is 0.272. The van der Waals surface area contributed by atoms with Gasteiger partial charge < -0.3 is 10.4 Å². The summed E-state index contributed by atoms with van der Waals surface area (Å²) in [5, 5.41) is 14.5. The summed E-state index contributed by atoms with van der Waals surface area (Å²) in [5.74, 6) is -1.10. The van der Waals surface area contributed by atoms with Crippen molar-refractivity contribution in [3.05, 3.63) is 40.9 Å². The third-order valence-electron chi connectivity index (χ3n) is 2.25. The molecule has 1 aromatic carbocycles. The van der Waals surface area contributed by atoms with E-state index >= 15 is 0 Å². The Kier molecular flexibility index (Phi) is 3.76. The predicted molar refractivity (Wildman–Crippen MR) is 72.9 cm³/mol. The first kappa shape index (κ1) is 13.0. The largest absolute Gasteiger partial charge is 0.478 e. The van der Waals surface area contributed by atoms with Crippen LogP contribution in [0.5, 0.6) is 0 Å². The number of aryl methyl sites for hydroxylation is 1. The van der Waals surface area contributed by atoms with Crippen molar-refractivity contribution in [2.24, 2.45) is 0 Å². The number of para-hydroxylation sites is 1. The van der Waals surface area contributed by atoms with E-state index in [2.05, 4.69) is 15.6 Å². The minimum absolute atomic E-state index is 0.0352. The summed E-state index contributed by atoms with van der Waals surface area (Å²) in [6.07, 6.45) is 1.64. The zero-order valence-corrected chi connectivity index (χ0v) is 10.8. The van der Waals surface area contributed by atoms with Crippen molar-refractivity contribution in [2.45, 2.75) is 6.92 Å². The maximum Gasteiger partial charge on any atom is 0.337 e. The molecule has 6 nitrogen and oxygen atoms in total. The highest BCUT2D eigenvalue weighted by molar-refractivity contribution is 7.15. The van der Waals surface area contributed by atoms with Crippen LogP contribution in [-0.2, 0) is 0 Å². The average Bonchev–Trinajstić information content (AvgIpc) is 2.75. The molecule has 0 fully saturated rings. The second-order valence-corrected chi connectivity index (χ2v) is 4.94. The van der Waals surface area contributed by atoms with E-state index in [0.29, 0.717) is 5.13 Å². The van der Waals surface area contributed by atoms with Crippen molar-refractivity contribution >= 4 is 34.2 Å². The molecule has 3 N–H and O–H groups in total. The highest BCUT2D eigenvalue weighted by Crippen LogP contribution is 2.18. The molecule has 1 heterocycles. The number of urea groups is 1. The van der Waals surface area contributed by atoms with Crippen LogP contribution in [0.2, 0.25) is 0 Å². The third-order valence-corrected chi connectivity index (χ3v) is 3.08. The number of aromatic nitrogens is 1. The summed E-state index contributed by atoms with van der Waals surface area (Å²) >= 11 is 1.34. The topological polar surface area (TPSA) is 91.3 Å². The normalized spacial score (nSPS) is 9.95. The van der Waals surface area contributed by atoms with Gasteiger partial charge in [0.1, 0.15) is 0 Å². The van der Waals surface area contributed by atoms with Crippen molar-refractivity contribution < 1.29 is 14.7 Å². The molecule has 2 aromatic rings. The van der Waals surface area contributed by atoms with E-state index in [0.717, 1.165) is 4.88 Å². The molecule has 1 aromatic heterocycles. The van der Waals surface area contributed by atoms with Crippen LogP contribution >= 0.6 is 11.3 Å². The average molecular weight is 277 g/mol. The van der Waals surface area contributed by atoms with Crippen molar-refractivity contribution in [2.75, 3.05) is 10.6 Å². The standard InChI is InChI=1S/C12H11N3O3S/c1-7-6-13-12(19-7)15-11(18)14-9-5-3-2-4-8(9)10(16)17/h2-6H,1H3,(H,16,17)(H2,13,14,15,18). The van der Waals surface area contributed by atoms with Crippen molar-refractivity contribution in [1.29, 1.82) is 0 Å². The van der Waals surface area contributed by atoms with Gasteiger partial charge in [-0.25, -0.2) is 14.6 Å². The molecule has 2 amide bonds. The molecule has 2 rings (SSSR count). The van der Waals surface area contributed by atoms with Gasteiger partial charge in [0.05, 0.1) is 11.3 Å². The third kappa shape index (κ3) is 3.29. The molecule has 0 saturated carbocycles. The van der Waals surface area contributed by atoms with Crippen LogP contribution in [0.3, 0.4) is 0 Å². The van der Waals surface area contributed by atoms with Crippen LogP contribution in [0.4, 0.5) is 15.6 Å². The van der Waals surface area contributed by atoms with Gasteiger partial charge >= 0.3 is 12.0 Å². The van der Waals surface area contributed by atoms with E-state index in [1.807, 2.05) is 6.92 Å². The maximum absolute atomic E-state index is 11.7. The van der Waals surface area contributed by atoms with Gasteiger partial charge in [-0.3, -0.25) is 5.32 Å². The van der Waals surface area contributed by atoms with Gasteiger partial charge in [-0.15, -0.1) is 11.3 Å². The fourth-order valence-electron chi connectivity index (χ4n) is 1.44. The fraction of sp³-hybridized carbons (Fsp3) is 0.0833. The maximum atomic E-state index is 11.7. The minimum Gasteiger partial charge on any atom is -0.478 e. The van der Waals surface area contributed by atoms with E-state index < -0.39 is 12.0 Å². The Bertz CT molecular complexity index is 624. The van der Waals surface area contributed by atoms with E-state index in [1.165, 1.54) is 23.5 Å². The van der Waals surface area contributed by atoms with Gasteiger partial charge in [0.15, 0.2) is 5.13 Å². The van der Waals surface area contributed by atoms with Gasteiger partial charge in [-0.2, -0.15) is 0 Å². The Morgan fingerprint density at radius 2 is 2.00 bits per heavy atom. The Morgan fingerprint density at radius 3 is 2.63 bits per heavy atom. The molecule has 19 heavy (non-hydrogen) atoms. The number of carbonyl (C=O) groups excluding carboxylic acids is 1. The lowest BCUT2D eigenvalue weighted by Crippen LogP contribution is -2.20. The number of nitrogens with one attached hydrogen (secondary N) is 2. The fourth-order valence-corrected chi connectivity index (χ4v) is 2.10. The quantitative estimate of drug-likeness (QED) is 0.804. The summed E-state index contributed by atoms with van der Waals surface area (Å²) in [6, 6.07) is 5.66. The van der Waals surface area contributed by atoms with E-state index in [1.54, 1.807) is 18.3 Å². The molecular formula is C12H11N3O3S. The van der Waals surface area contributed by atoms with E-state index in [-0.39, 0.29) is 11.3 Å². The van der Waals surface area contributed by atoms with E-state index in [4.69, 9.17) is 5.11 Å². The summed E-state index contributed by atoms with van der Waals surface area (Å²) < 4.78 is 0. The monoisotopic (exact) mass is 277 g/mol. The number of carboxylic acids is 1. The highest BCUT2D eigenvalue weighted by Gasteiger charge is 2.12. The number of amides is 2. The van der Waals surface area contributed by atoms with Gasteiger partial charge in [-0.05, 0) is 19.1 Å². The number of rotatable bonds is 3. The Hall–Kier alpha value is -2.41. The van der Waals surface area contributed by atoms with Gasteiger partial charge in [0.25, 0.3) is 0 Å². The number of aromatic carboxylic acids is 1. The molecule has 0 aliphatic carbocycles. The lowest BCUT2D eigenvalue weighted by Gasteiger charge is -2.07.